The summed E-state index contributed by atoms with van der Waals surface area (Å²) >= 11 is 1.38. The summed E-state index contributed by atoms with van der Waals surface area (Å²) in [6.07, 6.45) is 3.57. The number of nitrogens with two attached hydrogens (primary N) is 1. The van der Waals surface area contributed by atoms with Gasteiger partial charge in [-0.3, -0.25) is 9.48 Å². The number of amides is 1. The molecule has 3 N–H and O–H groups in total. The molecular formula is C13H14N4OS. The lowest BCUT2D eigenvalue weighted by Gasteiger charge is -2.04. The first-order valence-corrected chi connectivity index (χ1v) is 6.71. The fraction of sp³-hybridized carbons (Fsp3) is 0.231. The monoisotopic (exact) mass is 274 g/mol. The van der Waals surface area contributed by atoms with E-state index in [1.807, 2.05) is 23.7 Å². The van der Waals surface area contributed by atoms with Gasteiger partial charge < -0.3 is 11.1 Å². The molecule has 0 spiro atoms. The molecule has 0 aromatic carbocycles. The van der Waals surface area contributed by atoms with E-state index in [-0.39, 0.29) is 12.5 Å². The zero-order valence-electron chi connectivity index (χ0n) is 10.3. The van der Waals surface area contributed by atoms with Crippen molar-refractivity contribution in [3.8, 4) is 11.8 Å². The van der Waals surface area contributed by atoms with Crippen LogP contribution in [0.3, 0.4) is 0 Å². The Morgan fingerprint density at radius 3 is 3.21 bits per heavy atom. The lowest BCUT2D eigenvalue weighted by atomic mass is 10.2. The van der Waals surface area contributed by atoms with E-state index in [0.717, 1.165) is 5.56 Å². The van der Waals surface area contributed by atoms with Crippen molar-refractivity contribution in [3.05, 3.63) is 40.3 Å². The Labute approximate surface area is 115 Å². The maximum atomic E-state index is 12.0. The molecule has 0 atom stereocenters. The molecule has 0 saturated heterocycles. The molecule has 0 aliphatic heterocycles. The van der Waals surface area contributed by atoms with Gasteiger partial charge in [0.05, 0.1) is 13.1 Å². The van der Waals surface area contributed by atoms with Crippen molar-refractivity contribution in [3.63, 3.8) is 0 Å². The van der Waals surface area contributed by atoms with Gasteiger partial charge in [-0.25, -0.2) is 0 Å². The van der Waals surface area contributed by atoms with Crippen LogP contribution < -0.4 is 11.1 Å². The molecule has 19 heavy (non-hydrogen) atoms. The molecular weight excluding hydrogens is 260 g/mol. The molecule has 2 heterocycles. The Hall–Kier alpha value is -2.10. The number of rotatable bonds is 4. The van der Waals surface area contributed by atoms with Gasteiger partial charge in [0, 0.05) is 24.5 Å². The van der Waals surface area contributed by atoms with Crippen LogP contribution >= 0.6 is 11.3 Å². The second-order valence-electron chi connectivity index (χ2n) is 3.69. The van der Waals surface area contributed by atoms with E-state index in [1.54, 1.807) is 10.9 Å². The van der Waals surface area contributed by atoms with E-state index in [4.69, 9.17) is 5.73 Å². The van der Waals surface area contributed by atoms with Crippen molar-refractivity contribution in [2.75, 3.05) is 13.1 Å². The Balaban J connectivity index is 1.91. The summed E-state index contributed by atoms with van der Waals surface area (Å²) in [4.78, 5) is 12.6. The Morgan fingerprint density at radius 2 is 2.47 bits per heavy atom. The van der Waals surface area contributed by atoms with Crippen molar-refractivity contribution in [1.82, 2.24) is 15.1 Å². The van der Waals surface area contributed by atoms with E-state index in [2.05, 4.69) is 22.3 Å². The van der Waals surface area contributed by atoms with Crippen molar-refractivity contribution >= 4 is 17.2 Å². The van der Waals surface area contributed by atoms with Crippen LogP contribution in [0.2, 0.25) is 0 Å². The summed E-state index contributed by atoms with van der Waals surface area (Å²) in [7, 11) is 0. The normalized spacial score (nSPS) is 9.74. The molecule has 0 bridgehead atoms. The quantitative estimate of drug-likeness (QED) is 0.805. The average Bonchev–Trinajstić information content (AvgIpc) is 3.07. The molecule has 0 fully saturated rings. The van der Waals surface area contributed by atoms with Gasteiger partial charge in [0.25, 0.3) is 5.91 Å². The van der Waals surface area contributed by atoms with Crippen LogP contribution in [-0.2, 0) is 6.54 Å². The number of aromatic nitrogens is 2. The maximum Gasteiger partial charge on any atom is 0.262 e. The number of thiophene rings is 1. The SMILES string of the molecule is NCC#Cc1ccsc1C(=O)NCCn1cccn1. The molecule has 6 heteroatoms. The van der Waals surface area contributed by atoms with Gasteiger partial charge in [-0.05, 0) is 17.5 Å². The molecule has 2 rings (SSSR count). The smallest absolute Gasteiger partial charge is 0.262 e. The molecule has 98 valence electrons. The van der Waals surface area contributed by atoms with Gasteiger partial charge in [-0.2, -0.15) is 5.10 Å². The van der Waals surface area contributed by atoms with Gasteiger partial charge in [-0.15, -0.1) is 11.3 Å². The summed E-state index contributed by atoms with van der Waals surface area (Å²) in [5.41, 5.74) is 6.05. The van der Waals surface area contributed by atoms with Crippen LogP contribution in [0, 0.1) is 11.8 Å². The highest BCUT2D eigenvalue weighted by molar-refractivity contribution is 7.12. The fourth-order valence-corrected chi connectivity index (χ4v) is 2.29. The third-order valence-corrected chi connectivity index (χ3v) is 3.30. The highest BCUT2D eigenvalue weighted by atomic mass is 32.1. The van der Waals surface area contributed by atoms with E-state index >= 15 is 0 Å². The lowest BCUT2D eigenvalue weighted by molar-refractivity contribution is 0.0956. The minimum absolute atomic E-state index is 0.108. The minimum atomic E-state index is -0.108. The van der Waals surface area contributed by atoms with E-state index < -0.39 is 0 Å². The molecule has 0 saturated carbocycles. The van der Waals surface area contributed by atoms with E-state index in [1.165, 1.54) is 11.3 Å². The van der Waals surface area contributed by atoms with Gasteiger partial charge in [0.2, 0.25) is 0 Å². The van der Waals surface area contributed by atoms with Gasteiger partial charge in [-0.1, -0.05) is 11.8 Å². The lowest BCUT2D eigenvalue weighted by Crippen LogP contribution is -2.27. The predicted octanol–water partition coefficient (Wildman–Crippen LogP) is 0.685. The van der Waals surface area contributed by atoms with Crippen molar-refractivity contribution < 1.29 is 4.79 Å². The number of hydrogen-bond donors (Lipinski definition) is 2. The first kappa shape index (κ1) is 13.3. The molecule has 0 aliphatic rings. The maximum absolute atomic E-state index is 12.0. The first-order chi connectivity index (χ1) is 9.31. The van der Waals surface area contributed by atoms with Crippen LogP contribution in [0.5, 0.6) is 0 Å². The first-order valence-electron chi connectivity index (χ1n) is 5.83. The highest BCUT2D eigenvalue weighted by Crippen LogP contribution is 2.15. The number of nitrogens with one attached hydrogen (secondary N) is 1. The third-order valence-electron chi connectivity index (χ3n) is 2.38. The van der Waals surface area contributed by atoms with Crippen molar-refractivity contribution in [2.24, 2.45) is 5.73 Å². The van der Waals surface area contributed by atoms with E-state index in [0.29, 0.717) is 18.0 Å². The van der Waals surface area contributed by atoms with E-state index in [9.17, 15) is 4.79 Å². The number of carbonyl (C=O) groups is 1. The Morgan fingerprint density at radius 1 is 1.58 bits per heavy atom. The van der Waals surface area contributed by atoms with Crippen LogP contribution in [0.4, 0.5) is 0 Å². The van der Waals surface area contributed by atoms with Crippen molar-refractivity contribution in [1.29, 1.82) is 0 Å². The summed E-state index contributed by atoms with van der Waals surface area (Å²) in [5.74, 6) is 5.54. The second-order valence-corrected chi connectivity index (χ2v) is 4.61. The molecule has 2 aromatic heterocycles. The minimum Gasteiger partial charge on any atom is -0.349 e. The fourth-order valence-electron chi connectivity index (χ4n) is 1.53. The van der Waals surface area contributed by atoms with Crippen LogP contribution in [0.25, 0.3) is 0 Å². The summed E-state index contributed by atoms with van der Waals surface area (Å²) in [6.45, 7) is 1.46. The number of carbonyl (C=O) groups excluding carboxylic acids is 1. The zero-order chi connectivity index (χ0) is 13.5. The highest BCUT2D eigenvalue weighted by Gasteiger charge is 2.11. The molecule has 1 amide bonds. The molecule has 5 nitrogen and oxygen atoms in total. The van der Waals surface area contributed by atoms with Gasteiger partial charge in [0.1, 0.15) is 4.88 Å². The van der Waals surface area contributed by atoms with Crippen LogP contribution in [0.1, 0.15) is 15.2 Å². The topological polar surface area (TPSA) is 72.9 Å². The summed E-state index contributed by atoms with van der Waals surface area (Å²) in [5, 5.41) is 8.77. The van der Waals surface area contributed by atoms with Crippen molar-refractivity contribution in [2.45, 2.75) is 6.54 Å². The number of hydrogen-bond acceptors (Lipinski definition) is 4. The van der Waals surface area contributed by atoms with Gasteiger partial charge >= 0.3 is 0 Å². The van der Waals surface area contributed by atoms with Crippen LogP contribution in [0.15, 0.2) is 29.9 Å². The molecule has 0 radical (unpaired) electrons. The molecule has 0 aliphatic carbocycles. The zero-order valence-corrected chi connectivity index (χ0v) is 11.1. The largest absolute Gasteiger partial charge is 0.349 e. The number of nitrogens with zero attached hydrogens (tertiary/aromatic N) is 2. The predicted molar refractivity (Wildman–Crippen MR) is 74.8 cm³/mol. The summed E-state index contributed by atoms with van der Waals surface area (Å²) < 4.78 is 1.77. The summed E-state index contributed by atoms with van der Waals surface area (Å²) in [6, 6.07) is 3.68. The second kappa shape index (κ2) is 6.73. The third kappa shape index (κ3) is 3.68. The average molecular weight is 274 g/mol. The van der Waals surface area contributed by atoms with Gasteiger partial charge in [0.15, 0.2) is 0 Å². The Kier molecular flexibility index (Phi) is 4.72. The molecule has 0 unspecified atom stereocenters. The standard InChI is InChI=1S/C13H14N4OS/c14-5-1-3-11-4-10-19-12(11)13(18)15-7-9-17-8-2-6-16-17/h2,4,6,8,10H,5,7,9,14H2,(H,15,18). The van der Waals surface area contributed by atoms with Crippen LogP contribution in [-0.4, -0.2) is 28.8 Å². The molecule has 2 aromatic rings. The Bertz CT molecular complexity index is 592.